The van der Waals surface area contributed by atoms with Gasteiger partial charge in [0, 0.05) is 12.6 Å². The van der Waals surface area contributed by atoms with E-state index < -0.39 is 0 Å². The van der Waals surface area contributed by atoms with Crippen LogP contribution in [0.4, 0.5) is 11.6 Å². The molecule has 0 spiro atoms. The zero-order valence-electron chi connectivity index (χ0n) is 12.8. The largest absolute Gasteiger partial charge is 0.490 e. The molecule has 2 rings (SSSR count). The maximum Gasteiger partial charge on any atom is 0.204 e. The summed E-state index contributed by atoms with van der Waals surface area (Å²) in [5, 5.41) is 6.73. The van der Waals surface area contributed by atoms with Crippen LogP contribution in [0.3, 0.4) is 0 Å². The molecule has 0 aliphatic heterocycles. The molecular formula is C15H26N4O. The summed E-state index contributed by atoms with van der Waals surface area (Å²) in [5.41, 5.74) is 0. The van der Waals surface area contributed by atoms with Crippen molar-refractivity contribution in [3.63, 3.8) is 0 Å². The van der Waals surface area contributed by atoms with Crippen molar-refractivity contribution < 1.29 is 4.74 Å². The van der Waals surface area contributed by atoms with E-state index in [1.807, 2.05) is 6.92 Å². The van der Waals surface area contributed by atoms with E-state index in [1.165, 1.54) is 32.1 Å². The van der Waals surface area contributed by atoms with Gasteiger partial charge in [-0.15, -0.1) is 0 Å². The fourth-order valence-corrected chi connectivity index (χ4v) is 2.87. The molecule has 0 bridgehead atoms. The standard InChI is InChI=1S/C15H26N4O/c1-4-11-6-8-12(9-7-11)19-15-13(20-3)14(16-5-2)17-10-18-15/h10-12H,4-9H2,1-3H3,(H2,16,17,18,19). The van der Waals surface area contributed by atoms with Crippen molar-refractivity contribution in [2.45, 2.75) is 52.0 Å². The Labute approximate surface area is 121 Å². The molecule has 1 fully saturated rings. The lowest BCUT2D eigenvalue weighted by molar-refractivity contribution is 0.329. The molecule has 1 aliphatic carbocycles. The predicted octanol–water partition coefficient (Wildman–Crippen LogP) is 3.30. The molecule has 0 saturated heterocycles. The number of nitrogens with one attached hydrogen (secondary N) is 2. The van der Waals surface area contributed by atoms with Gasteiger partial charge in [0.2, 0.25) is 5.75 Å². The van der Waals surface area contributed by atoms with Gasteiger partial charge in [-0.25, -0.2) is 9.97 Å². The predicted molar refractivity (Wildman–Crippen MR) is 82.4 cm³/mol. The van der Waals surface area contributed by atoms with Crippen LogP contribution in [0.5, 0.6) is 5.75 Å². The molecule has 2 N–H and O–H groups in total. The Kier molecular flexibility index (Phi) is 5.44. The maximum atomic E-state index is 5.46. The van der Waals surface area contributed by atoms with Gasteiger partial charge in [0.05, 0.1) is 7.11 Å². The molecule has 5 nitrogen and oxygen atoms in total. The number of nitrogens with zero attached hydrogens (tertiary/aromatic N) is 2. The van der Waals surface area contributed by atoms with Gasteiger partial charge < -0.3 is 15.4 Å². The molecule has 20 heavy (non-hydrogen) atoms. The van der Waals surface area contributed by atoms with Crippen molar-refractivity contribution in [1.82, 2.24) is 9.97 Å². The van der Waals surface area contributed by atoms with Crippen LogP contribution in [0, 0.1) is 5.92 Å². The van der Waals surface area contributed by atoms with Crippen LogP contribution in [0.1, 0.15) is 46.0 Å². The third kappa shape index (κ3) is 3.52. The molecule has 1 saturated carbocycles. The lowest BCUT2D eigenvalue weighted by Crippen LogP contribution is -2.26. The Balaban J connectivity index is 2.04. The summed E-state index contributed by atoms with van der Waals surface area (Å²) in [6, 6.07) is 0.496. The number of rotatable bonds is 6. The van der Waals surface area contributed by atoms with E-state index in [0.717, 1.165) is 24.1 Å². The summed E-state index contributed by atoms with van der Waals surface area (Å²) >= 11 is 0. The molecule has 0 unspecified atom stereocenters. The summed E-state index contributed by atoms with van der Waals surface area (Å²) < 4.78 is 5.46. The highest BCUT2D eigenvalue weighted by molar-refractivity contribution is 5.63. The average Bonchev–Trinajstić information content (AvgIpc) is 2.49. The van der Waals surface area contributed by atoms with Crippen molar-refractivity contribution in [1.29, 1.82) is 0 Å². The first kappa shape index (κ1) is 14.9. The molecule has 1 aromatic rings. The average molecular weight is 278 g/mol. The first-order valence-corrected chi connectivity index (χ1v) is 7.67. The van der Waals surface area contributed by atoms with E-state index >= 15 is 0 Å². The molecule has 0 aromatic carbocycles. The summed E-state index contributed by atoms with van der Waals surface area (Å²) in [4.78, 5) is 8.57. The van der Waals surface area contributed by atoms with Gasteiger partial charge in [-0.05, 0) is 38.5 Å². The van der Waals surface area contributed by atoms with Gasteiger partial charge in [-0.2, -0.15) is 0 Å². The third-order valence-electron chi connectivity index (χ3n) is 4.12. The van der Waals surface area contributed by atoms with E-state index in [9.17, 15) is 0 Å². The fraction of sp³-hybridized carbons (Fsp3) is 0.733. The number of anilines is 2. The van der Waals surface area contributed by atoms with Crippen molar-refractivity contribution in [2.75, 3.05) is 24.3 Å². The number of hydrogen-bond acceptors (Lipinski definition) is 5. The van der Waals surface area contributed by atoms with Gasteiger partial charge in [-0.3, -0.25) is 0 Å². The first-order valence-electron chi connectivity index (χ1n) is 7.67. The minimum atomic E-state index is 0.496. The summed E-state index contributed by atoms with van der Waals surface area (Å²) in [7, 11) is 1.67. The second-order valence-electron chi connectivity index (χ2n) is 5.40. The molecule has 112 valence electrons. The van der Waals surface area contributed by atoms with Crippen LogP contribution < -0.4 is 15.4 Å². The number of hydrogen-bond donors (Lipinski definition) is 2. The Bertz CT molecular complexity index is 416. The number of methoxy groups -OCH3 is 1. The van der Waals surface area contributed by atoms with Crippen LogP contribution in [0.25, 0.3) is 0 Å². The molecule has 0 radical (unpaired) electrons. The van der Waals surface area contributed by atoms with Gasteiger partial charge in [0.1, 0.15) is 6.33 Å². The highest BCUT2D eigenvalue weighted by Gasteiger charge is 2.22. The Morgan fingerprint density at radius 3 is 2.45 bits per heavy atom. The number of ether oxygens (including phenoxy) is 1. The zero-order chi connectivity index (χ0) is 14.4. The van der Waals surface area contributed by atoms with Gasteiger partial charge in [-0.1, -0.05) is 13.3 Å². The smallest absolute Gasteiger partial charge is 0.204 e. The highest BCUT2D eigenvalue weighted by Crippen LogP contribution is 2.33. The first-order chi connectivity index (χ1) is 9.78. The van der Waals surface area contributed by atoms with Crippen molar-refractivity contribution in [2.24, 2.45) is 5.92 Å². The lowest BCUT2D eigenvalue weighted by Gasteiger charge is -2.29. The monoisotopic (exact) mass is 278 g/mol. The topological polar surface area (TPSA) is 59.1 Å². The Morgan fingerprint density at radius 2 is 1.85 bits per heavy atom. The molecule has 1 aliphatic rings. The lowest BCUT2D eigenvalue weighted by atomic mass is 9.84. The van der Waals surface area contributed by atoms with Crippen LogP contribution in [-0.4, -0.2) is 29.7 Å². The van der Waals surface area contributed by atoms with Crippen LogP contribution in [-0.2, 0) is 0 Å². The van der Waals surface area contributed by atoms with Crippen LogP contribution in [0.15, 0.2) is 6.33 Å². The van der Waals surface area contributed by atoms with E-state index in [4.69, 9.17) is 4.74 Å². The van der Waals surface area contributed by atoms with Gasteiger partial charge in [0.15, 0.2) is 11.6 Å². The van der Waals surface area contributed by atoms with E-state index in [2.05, 4.69) is 27.5 Å². The van der Waals surface area contributed by atoms with Crippen LogP contribution in [0.2, 0.25) is 0 Å². The van der Waals surface area contributed by atoms with Crippen molar-refractivity contribution >= 4 is 11.6 Å². The molecule has 0 atom stereocenters. The molecule has 1 aromatic heterocycles. The molecular weight excluding hydrogens is 252 g/mol. The summed E-state index contributed by atoms with van der Waals surface area (Å²) in [6.45, 7) is 5.14. The fourth-order valence-electron chi connectivity index (χ4n) is 2.87. The van der Waals surface area contributed by atoms with Gasteiger partial charge in [0.25, 0.3) is 0 Å². The maximum absolute atomic E-state index is 5.46. The van der Waals surface area contributed by atoms with Crippen molar-refractivity contribution in [3.05, 3.63) is 6.33 Å². The molecule has 1 heterocycles. The second-order valence-corrected chi connectivity index (χ2v) is 5.40. The van der Waals surface area contributed by atoms with Gasteiger partial charge >= 0.3 is 0 Å². The Hall–Kier alpha value is -1.52. The minimum Gasteiger partial charge on any atom is -0.490 e. The number of aromatic nitrogens is 2. The third-order valence-corrected chi connectivity index (χ3v) is 4.12. The molecule has 5 heteroatoms. The van der Waals surface area contributed by atoms with E-state index in [-0.39, 0.29) is 0 Å². The normalized spacial score (nSPS) is 22.4. The highest BCUT2D eigenvalue weighted by atomic mass is 16.5. The minimum absolute atomic E-state index is 0.496. The Morgan fingerprint density at radius 1 is 1.15 bits per heavy atom. The molecule has 0 amide bonds. The quantitative estimate of drug-likeness (QED) is 0.836. The van der Waals surface area contributed by atoms with Crippen molar-refractivity contribution in [3.8, 4) is 5.75 Å². The SMILES string of the molecule is CCNc1ncnc(NC2CCC(CC)CC2)c1OC. The van der Waals surface area contributed by atoms with Crippen LogP contribution >= 0.6 is 0 Å². The zero-order valence-corrected chi connectivity index (χ0v) is 12.8. The second kappa shape index (κ2) is 7.31. The van der Waals surface area contributed by atoms with E-state index in [0.29, 0.717) is 11.8 Å². The van der Waals surface area contributed by atoms with E-state index in [1.54, 1.807) is 13.4 Å². The summed E-state index contributed by atoms with van der Waals surface area (Å²) in [5.74, 6) is 3.18. The summed E-state index contributed by atoms with van der Waals surface area (Å²) in [6.07, 6.45) is 7.92.